The van der Waals surface area contributed by atoms with E-state index >= 15 is 0 Å². The zero-order valence-corrected chi connectivity index (χ0v) is 10.2. The molecular formula is C14H14N4. The van der Waals surface area contributed by atoms with Crippen LogP contribution in [0.2, 0.25) is 0 Å². The van der Waals surface area contributed by atoms with Crippen molar-refractivity contribution < 1.29 is 0 Å². The Bertz CT molecular complexity index is 686. The largest absolute Gasteiger partial charge is 0.399 e. The maximum absolute atomic E-state index is 5.80. The van der Waals surface area contributed by atoms with Gasteiger partial charge in [0.15, 0.2) is 0 Å². The van der Waals surface area contributed by atoms with Crippen molar-refractivity contribution in [1.82, 2.24) is 14.5 Å². The quantitative estimate of drug-likeness (QED) is 0.698. The van der Waals surface area contributed by atoms with Gasteiger partial charge in [0.2, 0.25) is 0 Å². The summed E-state index contributed by atoms with van der Waals surface area (Å²) in [6.45, 7) is 2.97. The fourth-order valence-corrected chi connectivity index (χ4v) is 2.18. The van der Waals surface area contributed by atoms with Gasteiger partial charge in [-0.25, -0.2) is 4.98 Å². The molecule has 0 radical (unpaired) electrons. The van der Waals surface area contributed by atoms with Gasteiger partial charge in [0, 0.05) is 30.2 Å². The molecule has 0 bridgehead atoms. The summed E-state index contributed by atoms with van der Waals surface area (Å²) in [6.07, 6.45) is 3.59. The Morgan fingerprint density at radius 3 is 2.89 bits per heavy atom. The number of nitrogens with two attached hydrogens (primary N) is 1. The molecule has 0 saturated heterocycles. The predicted molar refractivity (Wildman–Crippen MR) is 73.1 cm³/mol. The summed E-state index contributed by atoms with van der Waals surface area (Å²) < 4.78 is 2.17. The first-order valence-corrected chi connectivity index (χ1v) is 5.95. The van der Waals surface area contributed by atoms with Crippen LogP contribution in [0.3, 0.4) is 0 Å². The molecule has 4 nitrogen and oxygen atoms in total. The highest BCUT2D eigenvalue weighted by Crippen LogP contribution is 2.25. The van der Waals surface area contributed by atoms with E-state index < -0.39 is 0 Å². The zero-order valence-electron chi connectivity index (χ0n) is 10.2. The summed E-state index contributed by atoms with van der Waals surface area (Å²) in [5, 5.41) is 0. The number of nitrogens with zero attached hydrogens (tertiary/aromatic N) is 3. The highest BCUT2D eigenvalue weighted by atomic mass is 15.1. The predicted octanol–water partition coefficient (Wildman–Crippen LogP) is 2.70. The molecule has 0 aliphatic heterocycles. The topological polar surface area (TPSA) is 56.7 Å². The molecule has 3 aromatic rings. The number of hydrogen-bond donors (Lipinski definition) is 1. The highest BCUT2D eigenvalue weighted by molar-refractivity contribution is 5.83. The first-order chi connectivity index (χ1) is 8.79. The minimum absolute atomic E-state index is 0.737. The Morgan fingerprint density at radius 2 is 2.17 bits per heavy atom. The van der Waals surface area contributed by atoms with Crippen LogP contribution in [0, 0.1) is 0 Å². The molecule has 2 heterocycles. The van der Waals surface area contributed by atoms with Crippen LogP contribution in [0.5, 0.6) is 0 Å². The van der Waals surface area contributed by atoms with Gasteiger partial charge in [-0.2, -0.15) is 0 Å². The normalized spacial score (nSPS) is 10.9. The SMILES string of the molecule is CCn1c(-c2cccnc2)nc2cc(N)ccc21. The molecule has 2 aromatic heterocycles. The van der Waals surface area contributed by atoms with E-state index in [1.165, 1.54) is 0 Å². The molecule has 0 unspecified atom stereocenters. The van der Waals surface area contributed by atoms with Gasteiger partial charge in [0.25, 0.3) is 0 Å². The van der Waals surface area contributed by atoms with E-state index in [1.807, 2.05) is 36.5 Å². The maximum Gasteiger partial charge on any atom is 0.142 e. The van der Waals surface area contributed by atoms with Crippen LogP contribution in [-0.4, -0.2) is 14.5 Å². The maximum atomic E-state index is 5.80. The standard InChI is InChI=1S/C14H14N4/c1-2-18-13-6-5-11(15)8-12(13)17-14(18)10-4-3-7-16-9-10/h3-9H,2,15H2,1H3. The van der Waals surface area contributed by atoms with Gasteiger partial charge >= 0.3 is 0 Å². The Kier molecular flexibility index (Phi) is 2.48. The highest BCUT2D eigenvalue weighted by Gasteiger charge is 2.11. The third kappa shape index (κ3) is 1.62. The fraction of sp³-hybridized carbons (Fsp3) is 0.143. The molecule has 0 atom stereocenters. The second-order valence-electron chi connectivity index (χ2n) is 4.17. The van der Waals surface area contributed by atoms with E-state index in [-0.39, 0.29) is 0 Å². The summed E-state index contributed by atoms with van der Waals surface area (Å²) in [4.78, 5) is 8.80. The van der Waals surface area contributed by atoms with E-state index in [4.69, 9.17) is 5.73 Å². The Morgan fingerprint density at radius 1 is 1.28 bits per heavy atom. The first kappa shape index (κ1) is 10.8. The lowest BCUT2D eigenvalue weighted by Gasteiger charge is -2.05. The summed E-state index contributed by atoms with van der Waals surface area (Å²) in [5.74, 6) is 0.936. The molecule has 1 aromatic carbocycles. The van der Waals surface area contributed by atoms with Gasteiger partial charge in [-0.05, 0) is 37.3 Å². The number of pyridine rings is 1. The number of fused-ring (bicyclic) bond motifs is 1. The molecule has 0 aliphatic carbocycles. The van der Waals surface area contributed by atoms with E-state index in [2.05, 4.69) is 21.5 Å². The average molecular weight is 238 g/mol. The zero-order chi connectivity index (χ0) is 12.5. The van der Waals surface area contributed by atoms with E-state index in [9.17, 15) is 0 Å². The van der Waals surface area contributed by atoms with Gasteiger partial charge in [-0.1, -0.05) is 0 Å². The number of aromatic nitrogens is 3. The smallest absolute Gasteiger partial charge is 0.142 e. The van der Waals surface area contributed by atoms with Gasteiger partial charge in [-0.3, -0.25) is 4.98 Å². The van der Waals surface area contributed by atoms with Crippen molar-refractivity contribution in [2.75, 3.05) is 5.73 Å². The number of anilines is 1. The first-order valence-electron chi connectivity index (χ1n) is 5.95. The van der Waals surface area contributed by atoms with Crippen LogP contribution < -0.4 is 5.73 Å². The lowest BCUT2D eigenvalue weighted by molar-refractivity contribution is 0.796. The lowest BCUT2D eigenvalue weighted by Crippen LogP contribution is -1.97. The van der Waals surface area contributed by atoms with Crippen molar-refractivity contribution in [3.8, 4) is 11.4 Å². The van der Waals surface area contributed by atoms with E-state index in [0.29, 0.717) is 0 Å². The van der Waals surface area contributed by atoms with Gasteiger partial charge < -0.3 is 10.3 Å². The third-order valence-electron chi connectivity index (χ3n) is 3.01. The molecule has 3 rings (SSSR count). The minimum atomic E-state index is 0.737. The van der Waals surface area contributed by atoms with Crippen molar-refractivity contribution in [3.63, 3.8) is 0 Å². The summed E-state index contributed by atoms with van der Waals surface area (Å²) >= 11 is 0. The van der Waals surface area contributed by atoms with Crippen molar-refractivity contribution in [3.05, 3.63) is 42.7 Å². The molecule has 0 amide bonds. The molecule has 0 saturated carbocycles. The monoisotopic (exact) mass is 238 g/mol. The van der Waals surface area contributed by atoms with Gasteiger partial charge in [-0.15, -0.1) is 0 Å². The summed E-state index contributed by atoms with van der Waals surface area (Å²) in [6, 6.07) is 9.76. The van der Waals surface area contributed by atoms with Gasteiger partial charge in [0.05, 0.1) is 11.0 Å². The van der Waals surface area contributed by atoms with Gasteiger partial charge in [0.1, 0.15) is 5.82 Å². The van der Waals surface area contributed by atoms with E-state index in [1.54, 1.807) is 6.20 Å². The Balaban J connectivity index is 2.29. The van der Waals surface area contributed by atoms with Crippen molar-refractivity contribution in [1.29, 1.82) is 0 Å². The average Bonchev–Trinajstić information content (AvgIpc) is 2.77. The number of benzene rings is 1. The number of nitrogen functional groups attached to an aromatic ring is 1. The lowest BCUT2D eigenvalue weighted by atomic mass is 10.2. The molecule has 18 heavy (non-hydrogen) atoms. The number of imidazole rings is 1. The molecule has 90 valence electrons. The van der Waals surface area contributed by atoms with Crippen molar-refractivity contribution in [2.45, 2.75) is 13.5 Å². The second kappa shape index (κ2) is 4.14. The van der Waals surface area contributed by atoms with Crippen LogP contribution in [0.15, 0.2) is 42.7 Å². The Labute approximate surface area is 105 Å². The molecule has 0 aliphatic rings. The molecular weight excluding hydrogens is 224 g/mol. The molecule has 4 heteroatoms. The molecule has 0 spiro atoms. The number of hydrogen-bond acceptors (Lipinski definition) is 3. The minimum Gasteiger partial charge on any atom is -0.399 e. The second-order valence-corrected chi connectivity index (χ2v) is 4.17. The van der Waals surface area contributed by atoms with E-state index in [0.717, 1.165) is 34.7 Å². The molecule has 0 fully saturated rings. The van der Waals surface area contributed by atoms with Crippen LogP contribution in [0.25, 0.3) is 22.4 Å². The third-order valence-corrected chi connectivity index (χ3v) is 3.01. The molecule has 2 N–H and O–H groups in total. The fourth-order valence-electron chi connectivity index (χ4n) is 2.18. The summed E-state index contributed by atoms with van der Waals surface area (Å²) in [7, 11) is 0. The van der Waals surface area contributed by atoms with Crippen LogP contribution >= 0.6 is 0 Å². The Hall–Kier alpha value is -2.36. The van der Waals surface area contributed by atoms with Crippen LogP contribution in [-0.2, 0) is 6.54 Å². The number of aryl methyl sites for hydroxylation is 1. The summed E-state index contributed by atoms with van der Waals surface area (Å²) in [5.41, 5.74) is 9.59. The van der Waals surface area contributed by atoms with Crippen molar-refractivity contribution >= 4 is 16.7 Å². The number of rotatable bonds is 2. The van der Waals surface area contributed by atoms with Crippen LogP contribution in [0.4, 0.5) is 5.69 Å². The van der Waals surface area contributed by atoms with Crippen molar-refractivity contribution in [2.24, 2.45) is 0 Å². The van der Waals surface area contributed by atoms with Crippen LogP contribution in [0.1, 0.15) is 6.92 Å².